The van der Waals surface area contributed by atoms with Crippen LogP contribution in [-0.2, 0) is 32.0 Å². The van der Waals surface area contributed by atoms with E-state index >= 15 is 0 Å². The van der Waals surface area contributed by atoms with Crippen molar-refractivity contribution in [3.8, 4) is 0 Å². The van der Waals surface area contributed by atoms with E-state index in [2.05, 4.69) is 19.3 Å². The smallest absolute Gasteiger partial charge is 0.478 e. The van der Waals surface area contributed by atoms with Crippen molar-refractivity contribution in [3.63, 3.8) is 0 Å². The molecule has 9 atom stereocenters. The van der Waals surface area contributed by atoms with E-state index in [9.17, 15) is 44.1 Å². The van der Waals surface area contributed by atoms with Crippen molar-refractivity contribution in [2.45, 2.75) is 56.0 Å². The number of imidazole rings is 1. The summed E-state index contributed by atoms with van der Waals surface area (Å²) < 4.78 is 52.3. The SMILES string of the molecule is CC(=O)c1ccc[n+](C2OC(COP(=O)(OCC3OC(n4cnc5c(N)ncnc54)C(O)C3O)OP(=O)([O-])[O-])C(O)C2O)c1. The Morgan fingerprint density at radius 3 is 2.36 bits per heavy atom. The lowest BCUT2D eigenvalue weighted by atomic mass is 10.1. The highest BCUT2D eigenvalue weighted by atomic mass is 31.3. The number of anilines is 1. The molecule has 0 saturated carbocycles. The largest absolute Gasteiger partial charge is 0.789 e. The van der Waals surface area contributed by atoms with Crippen LogP contribution in [0.1, 0.15) is 29.7 Å². The van der Waals surface area contributed by atoms with Crippen molar-refractivity contribution in [3.05, 3.63) is 42.7 Å². The molecule has 2 fully saturated rings. The van der Waals surface area contributed by atoms with E-state index < -0.39 is 77.9 Å². The minimum Gasteiger partial charge on any atom is -0.789 e. The molecule has 0 bridgehead atoms. The molecular formula is C22H27N6O14P2-. The molecule has 2 saturated heterocycles. The number of ether oxygens (including phenoxy) is 2. The number of fused-ring (bicyclic) bond motifs is 1. The number of aliphatic hydroxyl groups is 4. The molecule has 0 spiro atoms. The van der Waals surface area contributed by atoms with Gasteiger partial charge in [0.15, 0.2) is 42.0 Å². The van der Waals surface area contributed by atoms with Gasteiger partial charge in [-0.25, -0.2) is 19.5 Å². The van der Waals surface area contributed by atoms with Crippen molar-refractivity contribution in [2.75, 3.05) is 18.9 Å². The Morgan fingerprint density at radius 1 is 1.05 bits per heavy atom. The number of pyridine rings is 1. The number of aliphatic hydroxyl groups excluding tert-OH is 4. The first-order valence-corrected chi connectivity index (χ1v) is 15.7. The van der Waals surface area contributed by atoms with Gasteiger partial charge in [0.2, 0.25) is 0 Å². The zero-order chi connectivity index (χ0) is 32.0. The van der Waals surface area contributed by atoms with Gasteiger partial charge in [-0.3, -0.25) is 22.7 Å². The number of rotatable bonds is 11. The van der Waals surface area contributed by atoms with Gasteiger partial charge < -0.3 is 50.0 Å². The highest BCUT2D eigenvalue weighted by Gasteiger charge is 2.50. The molecule has 6 N–H and O–H groups in total. The predicted octanol–water partition coefficient (Wildman–Crippen LogP) is -3.18. The molecule has 0 aromatic carbocycles. The van der Waals surface area contributed by atoms with Crippen LogP contribution in [0, 0.1) is 0 Å². The standard InChI is InChI=1S/C22H28N6O14P2/c1-10(29)11-3-2-4-27(5-11)21-17(32)15(30)12(40-21)6-38-44(37,42-43(34,35)36)39-7-13-16(31)18(33)22(41-13)28-9-26-14-19(23)24-8-25-20(14)28/h2-5,8-9,12-13,15-18,21-22,30-33H,6-7H2,1H3,(H3-,23,24,25,34,35,36)/p-1. The maximum absolute atomic E-state index is 13.2. The summed E-state index contributed by atoms with van der Waals surface area (Å²) in [5.74, 6) is -0.246. The summed E-state index contributed by atoms with van der Waals surface area (Å²) in [7, 11) is -11.3. The third-order valence-corrected chi connectivity index (χ3v) is 9.38. The number of carbonyl (C=O) groups is 1. The van der Waals surface area contributed by atoms with Gasteiger partial charge in [-0.1, -0.05) is 0 Å². The normalized spacial score (nSPS) is 30.5. The minimum absolute atomic E-state index is 0.0370. The summed E-state index contributed by atoms with van der Waals surface area (Å²) in [6.07, 6.45) is -6.91. The number of phosphoric acid groups is 2. The molecule has 5 rings (SSSR count). The molecular weight excluding hydrogens is 634 g/mol. The quantitative estimate of drug-likeness (QED) is 0.0768. The summed E-state index contributed by atoms with van der Waals surface area (Å²) in [5.41, 5.74) is 6.36. The number of hydrogen-bond donors (Lipinski definition) is 5. The van der Waals surface area contributed by atoms with Crippen molar-refractivity contribution < 1.29 is 71.5 Å². The van der Waals surface area contributed by atoms with Gasteiger partial charge in [-0.2, -0.15) is 4.57 Å². The predicted molar refractivity (Wildman–Crippen MR) is 136 cm³/mol. The summed E-state index contributed by atoms with van der Waals surface area (Å²) >= 11 is 0. The first kappa shape index (κ1) is 32.6. The van der Waals surface area contributed by atoms with Crippen LogP contribution in [-0.4, -0.2) is 95.6 Å². The summed E-state index contributed by atoms with van der Waals surface area (Å²) in [6.45, 7) is -0.524. The Balaban J connectivity index is 1.27. The highest BCUT2D eigenvalue weighted by Crippen LogP contribution is 2.58. The maximum Gasteiger partial charge on any atom is 0.478 e. The van der Waals surface area contributed by atoms with Gasteiger partial charge >= 0.3 is 7.82 Å². The number of nitrogens with zero attached hydrogens (tertiary/aromatic N) is 5. The van der Waals surface area contributed by atoms with Crippen LogP contribution in [0.5, 0.6) is 0 Å². The van der Waals surface area contributed by atoms with Crippen LogP contribution in [0.25, 0.3) is 11.2 Å². The number of nitrogens with two attached hydrogens (primary N) is 1. The van der Waals surface area contributed by atoms with Crippen LogP contribution >= 0.6 is 15.6 Å². The van der Waals surface area contributed by atoms with Crippen molar-refractivity contribution in [1.29, 1.82) is 0 Å². The molecule has 44 heavy (non-hydrogen) atoms. The first-order valence-electron chi connectivity index (χ1n) is 12.8. The number of hydrogen-bond acceptors (Lipinski definition) is 18. The summed E-state index contributed by atoms with van der Waals surface area (Å²) in [4.78, 5) is 46.3. The molecule has 240 valence electrons. The lowest BCUT2D eigenvalue weighted by Crippen LogP contribution is -2.46. The van der Waals surface area contributed by atoms with E-state index in [1.165, 1.54) is 46.9 Å². The molecule has 2 aliphatic rings. The van der Waals surface area contributed by atoms with E-state index in [1.54, 1.807) is 0 Å². The Labute approximate surface area is 247 Å². The third-order valence-electron chi connectivity index (χ3n) is 6.85. The van der Waals surface area contributed by atoms with Crippen molar-refractivity contribution >= 4 is 38.4 Å². The third kappa shape index (κ3) is 6.73. The number of Topliss-reactive ketones (excluding diaryl/α,β-unsaturated/α-hetero) is 1. The molecule has 2 aliphatic heterocycles. The number of nitrogen functional groups attached to an aromatic ring is 1. The Hall–Kier alpha value is -2.81. The number of phosphoric ester groups is 1. The molecule has 3 aromatic rings. The van der Waals surface area contributed by atoms with Gasteiger partial charge in [0.25, 0.3) is 6.23 Å². The second-order valence-electron chi connectivity index (χ2n) is 9.84. The molecule has 0 aliphatic carbocycles. The second-order valence-corrected chi connectivity index (χ2v) is 12.8. The molecule has 0 radical (unpaired) electrons. The van der Waals surface area contributed by atoms with Gasteiger partial charge in [0, 0.05) is 6.07 Å². The summed E-state index contributed by atoms with van der Waals surface area (Å²) in [6, 6.07) is 3.01. The topological polar surface area (TPSA) is 298 Å². The second kappa shape index (κ2) is 12.5. The lowest BCUT2D eigenvalue weighted by molar-refractivity contribution is -0.765. The monoisotopic (exact) mass is 661 g/mol. The van der Waals surface area contributed by atoms with Crippen molar-refractivity contribution in [1.82, 2.24) is 19.5 Å². The minimum atomic E-state index is -6.02. The number of ketones is 1. The van der Waals surface area contributed by atoms with E-state index in [-0.39, 0.29) is 28.3 Å². The number of carbonyl (C=O) groups excluding carboxylic acids is 1. The van der Waals surface area contributed by atoms with Gasteiger partial charge in [0.1, 0.15) is 42.4 Å². The van der Waals surface area contributed by atoms with Crippen molar-refractivity contribution in [2.24, 2.45) is 0 Å². The molecule has 0 amide bonds. The van der Waals surface area contributed by atoms with Gasteiger partial charge in [-0.15, -0.1) is 0 Å². The average molecular weight is 661 g/mol. The fourth-order valence-electron chi connectivity index (χ4n) is 4.66. The zero-order valence-electron chi connectivity index (χ0n) is 22.6. The Bertz CT molecular complexity index is 1620. The van der Waals surface area contributed by atoms with Crippen LogP contribution in [0.4, 0.5) is 5.82 Å². The van der Waals surface area contributed by atoms with E-state index in [4.69, 9.17) is 24.3 Å². The molecule has 9 unspecified atom stereocenters. The zero-order valence-corrected chi connectivity index (χ0v) is 24.4. The molecule has 22 heteroatoms. The van der Waals surface area contributed by atoms with E-state index in [1.807, 2.05) is 0 Å². The molecule has 20 nitrogen and oxygen atoms in total. The highest BCUT2D eigenvalue weighted by molar-refractivity contribution is 7.60. The summed E-state index contributed by atoms with van der Waals surface area (Å²) in [5, 5.41) is 42.1. The lowest BCUT2D eigenvalue weighted by Gasteiger charge is -2.32. The molecule has 3 aromatic heterocycles. The Morgan fingerprint density at radius 2 is 1.70 bits per heavy atom. The van der Waals surface area contributed by atoms with Crippen LogP contribution < -0.4 is 20.1 Å². The van der Waals surface area contributed by atoms with E-state index in [0.717, 1.165) is 6.33 Å². The van der Waals surface area contributed by atoms with Crippen LogP contribution in [0.2, 0.25) is 0 Å². The fraction of sp³-hybridized carbons (Fsp3) is 0.500. The van der Waals surface area contributed by atoms with Gasteiger partial charge in [0.05, 0.1) is 32.9 Å². The Kier molecular flexibility index (Phi) is 9.28. The average Bonchev–Trinajstić information content (AvgIpc) is 3.60. The number of aromatic nitrogens is 5. The fourth-order valence-corrected chi connectivity index (χ4v) is 6.75. The van der Waals surface area contributed by atoms with Gasteiger partial charge in [-0.05, 0) is 13.0 Å². The maximum atomic E-state index is 13.2. The first-order chi connectivity index (χ1) is 20.7. The van der Waals surface area contributed by atoms with E-state index in [0.29, 0.717) is 0 Å². The molecule has 5 heterocycles. The van der Waals surface area contributed by atoms with Crippen LogP contribution in [0.3, 0.4) is 0 Å². The van der Waals surface area contributed by atoms with Crippen LogP contribution in [0.15, 0.2) is 37.2 Å².